The van der Waals surface area contributed by atoms with Crippen LogP contribution in [-0.4, -0.2) is 0 Å². The number of benzene rings is 2. The van der Waals surface area contributed by atoms with Gasteiger partial charge in [-0.2, -0.15) is 0 Å². The fraction of sp³-hybridized carbons (Fsp3) is 0.0769. The monoisotopic (exact) mass is 346 g/mol. The Morgan fingerprint density at radius 2 is 1.79 bits per heavy atom. The molecule has 1 atom stereocenters. The van der Waals surface area contributed by atoms with Gasteiger partial charge in [0.25, 0.3) is 0 Å². The summed E-state index contributed by atoms with van der Waals surface area (Å²) in [7, 11) is 0. The molecule has 100 valence electrons. The molecular weight excluding hydrogens is 338 g/mol. The first kappa shape index (κ1) is 14.4. The Morgan fingerprint density at radius 1 is 1.16 bits per heavy atom. The molecule has 0 spiro atoms. The van der Waals surface area contributed by atoms with Gasteiger partial charge in [-0.25, -0.2) is 14.2 Å². The molecule has 1 unspecified atom stereocenters. The summed E-state index contributed by atoms with van der Waals surface area (Å²) in [5, 5.41) is 0.468. The van der Waals surface area contributed by atoms with E-state index in [4.69, 9.17) is 17.4 Å². The van der Waals surface area contributed by atoms with E-state index < -0.39 is 17.7 Å². The third-order valence-electron chi connectivity index (χ3n) is 2.68. The van der Waals surface area contributed by atoms with Crippen molar-refractivity contribution in [3.63, 3.8) is 0 Å². The van der Waals surface area contributed by atoms with Gasteiger partial charge in [0.1, 0.15) is 11.6 Å². The lowest BCUT2D eigenvalue weighted by Crippen LogP contribution is -2.30. The minimum atomic E-state index is -0.813. The van der Waals surface area contributed by atoms with Crippen molar-refractivity contribution in [2.75, 3.05) is 0 Å². The standard InChI is InChI=1S/C13H10BrClF2N2/c14-8-5-10(16)12(11(17)6-8)13(19-18)7-2-1-3-9(15)4-7/h1-6,13,19H,18H2. The Morgan fingerprint density at radius 3 is 2.32 bits per heavy atom. The Kier molecular flexibility index (Phi) is 4.52. The van der Waals surface area contributed by atoms with Gasteiger partial charge in [0.15, 0.2) is 0 Å². The van der Waals surface area contributed by atoms with Crippen LogP contribution in [0.25, 0.3) is 0 Å². The highest BCUT2D eigenvalue weighted by molar-refractivity contribution is 9.10. The van der Waals surface area contributed by atoms with E-state index in [1.54, 1.807) is 24.3 Å². The van der Waals surface area contributed by atoms with Crippen molar-refractivity contribution in [1.82, 2.24) is 5.43 Å². The molecule has 0 heterocycles. The first-order chi connectivity index (χ1) is 9.02. The van der Waals surface area contributed by atoms with Crippen LogP contribution in [0.3, 0.4) is 0 Å². The van der Waals surface area contributed by atoms with E-state index in [1.165, 1.54) is 12.1 Å². The van der Waals surface area contributed by atoms with Crippen molar-refractivity contribution < 1.29 is 8.78 Å². The summed E-state index contributed by atoms with van der Waals surface area (Å²) in [6.07, 6.45) is 0. The second kappa shape index (κ2) is 5.96. The molecule has 0 radical (unpaired) electrons. The lowest BCUT2D eigenvalue weighted by molar-refractivity contribution is 0.509. The molecule has 19 heavy (non-hydrogen) atoms. The van der Waals surface area contributed by atoms with Crippen molar-refractivity contribution in [1.29, 1.82) is 0 Å². The van der Waals surface area contributed by atoms with Crippen molar-refractivity contribution in [3.8, 4) is 0 Å². The number of hydrogen-bond donors (Lipinski definition) is 2. The average molecular weight is 348 g/mol. The SMILES string of the molecule is NNC(c1cccc(Cl)c1)c1c(F)cc(Br)cc1F. The Labute approximate surface area is 122 Å². The molecular formula is C13H10BrClF2N2. The summed E-state index contributed by atoms with van der Waals surface area (Å²) in [6, 6.07) is 8.22. The van der Waals surface area contributed by atoms with Crippen molar-refractivity contribution in [2.45, 2.75) is 6.04 Å². The Hall–Kier alpha value is -1.01. The smallest absolute Gasteiger partial charge is 0.132 e. The Balaban J connectivity index is 2.54. The van der Waals surface area contributed by atoms with Crippen LogP contribution in [0, 0.1) is 11.6 Å². The number of nitrogens with one attached hydrogen (secondary N) is 1. The maximum Gasteiger partial charge on any atom is 0.132 e. The summed E-state index contributed by atoms with van der Waals surface area (Å²) >= 11 is 8.91. The first-order valence-electron chi connectivity index (χ1n) is 5.39. The molecule has 0 aliphatic heterocycles. The fourth-order valence-corrected chi connectivity index (χ4v) is 2.46. The second-order valence-corrected chi connectivity index (χ2v) is 5.29. The van der Waals surface area contributed by atoms with E-state index in [1.807, 2.05) is 0 Å². The van der Waals surface area contributed by atoms with Gasteiger partial charge < -0.3 is 0 Å². The largest absolute Gasteiger partial charge is 0.271 e. The summed E-state index contributed by atoms with van der Waals surface area (Å²) in [6.45, 7) is 0. The van der Waals surface area contributed by atoms with E-state index in [0.29, 0.717) is 15.1 Å². The van der Waals surface area contributed by atoms with Crippen LogP contribution in [0.1, 0.15) is 17.2 Å². The lowest BCUT2D eigenvalue weighted by Gasteiger charge is -2.18. The normalized spacial score (nSPS) is 12.5. The average Bonchev–Trinajstić information content (AvgIpc) is 2.33. The molecule has 0 aliphatic carbocycles. The van der Waals surface area contributed by atoms with Crippen molar-refractivity contribution in [3.05, 3.63) is 68.7 Å². The second-order valence-electron chi connectivity index (χ2n) is 3.94. The zero-order valence-corrected chi connectivity index (χ0v) is 12.0. The van der Waals surface area contributed by atoms with Gasteiger partial charge in [0.05, 0.1) is 6.04 Å². The third kappa shape index (κ3) is 3.12. The van der Waals surface area contributed by atoms with Gasteiger partial charge in [0.2, 0.25) is 0 Å². The maximum atomic E-state index is 13.9. The number of hydrazine groups is 1. The first-order valence-corrected chi connectivity index (χ1v) is 6.56. The van der Waals surface area contributed by atoms with E-state index in [2.05, 4.69) is 21.4 Å². The zero-order chi connectivity index (χ0) is 14.0. The van der Waals surface area contributed by atoms with Gasteiger partial charge in [-0.15, -0.1) is 0 Å². The highest BCUT2D eigenvalue weighted by atomic mass is 79.9. The van der Waals surface area contributed by atoms with Crippen molar-refractivity contribution in [2.24, 2.45) is 5.84 Å². The van der Waals surface area contributed by atoms with E-state index in [0.717, 1.165) is 0 Å². The highest BCUT2D eigenvalue weighted by Gasteiger charge is 2.21. The molecule has 0 saturated carbocycles. The summed E-state index contributed by atoms with van der Waals surface area (Å²) in [5.41, 5.74) is 2.84. The molecule has 0 fully saturated rings. The van der Waals surface area contributed by atoms with Crippen LogP contribution in [0.2, 0.25) is 5.02 Å². The molecule has 3 N–H and O–H groups in total. The molecule has 2 aromatic rings. The van der Waals surface area contributed by atoms with Gasteiger partial charge >= 0.3 is 0 Å². The van der Waals surface area contributed by atoms with Crippen LogP contribution in [-0.2, 0) is 0 Å². The summed E-state index contributed by atoms with van der Waals surface area (Å²) < 4.78 is 28.2. The number of hydrogen-bond acceptors (Lipinski definition) is 2. The minimum absolute atomic E-state index is 0.145. The molecule has 2 rings (SSSR count). The number of rotatable bonds is 3. The molecule has 0 aliphatic rings. The summed E-state index contributed by atoms with van der Waals surface area (Å²) in [4.78, 5) is 0. The van der Waals surface area contributed by atoms with Crippen LogP contribution >= 0.6 is 27.5 Å². The fourth-order valence-electron chi connectivity index (χ4n) is 1.86. The van der Waals surface area contributed by atoms with Gasteiger partial charge in [-0.3, -0.25) is 5.84 Å². The predicted octanol–water partition coefficient (Wildman–Crippen LogP) is 3.93. The number of halogens is 4. The van der Waals surface area contributed by atoms with Crippen molar-refractivity contribution >= 4 is 27.5 Å². The molecule has 2 aromatic carbocycles. The maximum absolute atomic E-state index is 13.9. The minimum Gasteiger partial charge on any atom is -0.271 e. The molecule has 2 nitrogen and oxygen atoms in total. The van der Waals surface area contributed by atoms with Gasteiger partial charge in [-0.05, 0) is 29.8 Å². The van der Waals surface area contributed by atoms with E-state index in [-0.39, 0.29) is 5.56 Å². The topological polar surface area (TPSA) is 38.0 Å². The van der Waals surface area contributed by atoms with Gasteiger partial charge in [0, 0.05) is 15.1 Å². The Bertz CT molecular complexity index is 584. The molecule has 0 amide bonds. The quantitative estimate of drug-likeness (QED) is 0.652. The van der Waals surface area contributed by atoms with Crippen LogP contribution in [0.4, 0.5) is 8.78 Å². The summed E-state index contributed by atoms with van der Waals surface area (Å²) in [5.74, 6) is 4.05. The molecule has 0 bridgehead atoms. The third-order valence-corrected chi connectivity index (χ3v) is 3.37. The molecule has 0 aromatic heterocycles. The predicted molar refractivity (Wildman–Crippen MR) is 74.7 cm³/mol. The van der Waals surface area contributed by atoms with E-state index >= 15 is 0 Å². The highest BCUT2D eigenvalue weighted by Crippen LogP contribution is 2.29. The van der Waals surface area contributed by atoms with Crippen LogP contribution in [0.5, 0.6) is 0 Å². The van der Waals surface area contributed by atoms with Crippen LogP contribution in [0.15, 0.2) is 40.9 Å². The zero-order valence-electron chi connectivity index (χ0n) is 9.63. The van der Waals surface area contributed by atoms with E-state index in [9.17, 15) is 8.78 Å². The lowest BCUT2D eigenvalue weighted by atomic mass is 9.98. The van der Waals surface area contributed by atoms with Gasteiger partial charge in [-0.1, -0.05) is 39.7 Å². The van der Waals surface area contributed by atoms with Crippen LogP contribution < -0.4 is 11.3 Å². The number of nitrogens with two attached hydrogens (primary N) is 1. The molecule has 0 saturated heterocycles. The molecule has 6 heteroatoms.